The van der Waals surface area contributed by atoms with Crippen molar-refractivity contribution >= 4 is 37.7 Å². The Balaban J connectivity index is 2.08. The van der Waals surface area contributed by atoms with Gasteiger partial charge < -0.3 is 10.0 Å². The molecule has 1 aromatic heterocycles. The lowest BCUT2D eigenvalue weighted by Gasteiger charge is -2.26. The maximum absolute atomic E-state index is 12.4. The summed E-state index contributed by atoms with van der Waals surface area (Å²) in [6.45, 7) is 0. The minimum absolute atomic E-state index is 0.0929. The van der Waals surface area contributed by atoms with E-state index in [1.165, 1.54) is 12.3 Å². The number of aliphatic carboxylic acids is 1. The number of hydrogen-bond donors (Lipinski definition) is 2. The first kappa shape index (κ1) is 18.2. The lowest BCUT2D eigenvalue weighted by Crippen LogP contribution is -2.38. The van der Waals surface area contributed by atoms with Gasteiger partial charge in [-0.15, -0.1) is 0 Å². The zero-order valence-corrected chi connectivity index (χ0v) is 15.4. The van der Waals surface area contributed by atoms with Crippen LogP contribution in [0, 0.1) is 5.92 Å². The molecule has 7 nitrogen and oxygen atoms in total. The van der Waals surface area contributed by atoms with E-state index in [0.717, 1.165) is 0 Å². The highest BCUT2D eigenvalue weighted by atomic mass is 79.9. The number of carboxylic acids is 1. The van der Waals surface area contributed by atoms with Crippen molar-refractivity contribution in [3.63, 3.8) is 0 Å². The zero-order chi connectivity index (χ0) is 17.2. The van der Waals surface area contributed by atoms with Gasteiger partial charge >= 0.3 is 5.97 Å². The molecule has 1 aliphatic rings. The van der Waals surface area contributed by atoms with Crippen LogP contribution in [0.2, 0.25) is 0 Å². The lowest BCUT2D eigenvalue weighted by molar-refractivity contribution is -0.142. The first-order chi connectivity index (χ1) is 10.7. The number of nitrogens with one attached hydrogen (secondary N) is 1. The molecular weight excluding hydrogens is 386 g/mol. The maximum atomic E-state index is 12.4. The molecule has 0 bridgehead atoms. The van der Waals surface area contributed by atoms with Gasteiger partial charge in [0.2, 0.25) is 10.0 Å². The topological polar surface area (TPSA) is 99.6 Å². The second-order valence-corrected chi connectivity index (χ2v) is 8.45. The molecule has 1 saturated carbocycles. The van der Waals surface area contributed by atoms with Gasteiger partial charge in [-0.05, 0) is 47.7 Å². The number of rotatable bonds is 5. The molecule has 1 aliphatic carbocycles. The molecule has 0 amide bonds. The van der Waals surface area contributed by atoms with Crippen LogP contribution in [0.15, 0.2) is 21.6 Å². The molecule has 23 heavy (non-hydrogen) atoms. The maximum Gasteiger partial charge on any atom is 0.306 e. The molecular formula is C14H20BrN3O4S. The normalized spacial score (nSPS) is 21.9. The van der Waals surface area contributed by atoms with Gasteiger partial charge in [-0.3, -0.25) is 4.79 Å². The van der Waals surface area contributed by atoms with E-state index in [1.54, 1.807) is 4.90 Å². The van der Waals surface area contributed by atoms with Gasteiger partial charge in [-0.2, -0.15) is 0 Å². The Morgan fingerprint density at radius 2 is 1.96 bits per heavy atom. The average Bonchev–Trinajstić information content (AvgIpc) is 2.46. The van der Waals surface area contributed by atoms with E-state index in [4.69, 9.17) is 5.11 Å². The first-order valence-electron chi connectivity index (χ1n) is 7.28. The molecule has 1 fully saturated rings. The molecule has 2 rings (SSSR count). The number of hydrogen-bond acceptors (Lipinski definition) is 5. The predicted octanol–water partition coefficient (Wildman–Crippen LogP) is 1.83. The van der Waals surface area contributed by atoms with E-state index in [0.29, 0.717) is 36.0 Å². The molecule has 128 valence electrons. The van der Waals surface area contributed by atoms with E-state index in [-0.39, 0.29) is 16.9 Å². The standard InChI is InChI=1S/C14H20BrN3O4S/c1-18(2)13-12(15)7-11(8-16-13)23(21,22)17-10-5-3-9(4-6-10)14(19)20/h7-10,17H,3-6H2,1-2H3,(H,19,20)/t9-,10-. The van der Waals surface area contributed by atoms with Crippen molar-refractivity contribution in [3.05, 3.63) is 16.7 Å². The third kappa shape index (κ3) is 4.42. The van der Waals surface area contributed by atoms with Crippen LogP contribution in [-0.4, -0.2) is 44.6 Å². The highest BCUT2D eigenvalue weighted by molar-refractivity contribution is 9.10. The van der Waals surface area contributed by atoms with Crippen molar-refractivity contribution in [1.29, 1.82) is 0 Å². The molecule has 1 heterocycles. The number of sulfonamides is 1. The van der Waals surface area contributed by atoms with Crippen LogP contribution in [0.3, 0.4) is 0 Å². The van der Waals surface area contributed by atoms with Crippen LogP contribution in [0.25, 0.3) is 0 Å². The fourth-order valence-electron chi connectivity index (χ4n) is 2.63. The fraction of sp³-hybridized carbons (Fsp3) is 0.571. The third-order valence-electron chi connectivity index (χ3n) is 3.93. The zero-order valence-electron chi connectivity index (χ0n) is 13.0. The van der Waals surface area contributed by atoms with E-state index >= 15 is 0 Å². The van der Waals surface area contributed by atoms with Gasteiger partial charge in [0.1, 0.15) is 10.7 Å². The summed E-state index contributed by atoms with van der Waals surface area (Å²) in [6.07, 6.45) is 3.36. The molecule has 0 aliphatic heterocycles. The number of nitrogens with zero attached hydrogens (tertiary/aromatic N) is 2. The van der Waals surface area contributed by atoms with E-state index in [1.807, 2.05) is 14.1 Å². The molecule has 0 spiro atoms. The molecule has 0 radical (unpaired) electrons. The van der Waals surface area contributed by atoms with Crippen molar-refractivity contribution in [2.75, 3.05) is 19.0 Å². The van der Waals surface area contributed by atoms with E-state index < -0.39 is 16.0 Å². The second kappa shape index (κ2) is 7.14. The van der Waals surface area contributed by atoms with Gasteiger partial charge in [-0.1, -0.05) is 0 Å². The monoisotopic (exact) mass is 405 g/mol. The van der Waals surface area contributed by atoms with Crippen LogP contribution in [-0.2, 0) is 14.8 Å². The lowest BCUT2D eigenvalue weighted by atomic mass is 9.87. The Morgan fingerprint density at radius 3 is 2.43 bits per heavy atom. The second-order valence-electron chi connectivity index (χ2n) is 5.88. The summed E-state index contributed by atoms with van der Waals surface area (Å²) in [6, 6.07) is 1.29. The number of pyridine rings is 1. The number of carboxylic acid groups (broad SMARTS) is 1. The fourth-order valence-corrected chi connectivity index (χ4v) is 4.77. The van der Waals surface area contributed by atoms with Crippen LogP contribution in [0.4, 0.5) is 5.82 Å². The quantitative estimate of drug-likeness (QED) is 0.774. The minimum atomic E-state index is -3.67. The van der Waals surface area contributed by atoms with Gasteiger partial charge in [0.25, 0.3) is 0 Å². The summed E-state index contributed by atoms with van der Waals surface area (Å²) >= 11 is 3.33. The van der Waals surface area contributed by atoms with Crippen molar-refractivity contribution in [2.45, 2.75) is 36.6 Å². The summed E-state index contributed by atoms with van der Waals surface area (Å²) in [5.74, 6) is -0.532. The smallest absolute Gasteiger partial charge is 0.306 e. The molecule has 2 N–H and O–H groups in total. The molecule has 0 unspecified atom stereocenters. The molecule has 9 heteroatoms. The number of anilines is 1. The van der Waals surface area contributed by atoms with Crippen LogP contribution < -0.4 is 9.62 Å². The Morgan fingerprint density at radius 1 is 1.35 bits per heavy atom. The molecule has 0 aromatic carbocycles. The SMILES string of the molecule is CN(C)c1ncc(S(=O)(=O)N[C@H]2CC[C@H](C(=O)O)CC2)cc1Br. The van der Waals surface area contributed by atoms with Crippen molar-refractivity contribution < 1.29 is 18.3 Å². The Hall–Kier alpha value is -1.19. The van der Waals surface area contributed by atoms with E-state index in [2.05, 4.69) is 25.6 Å². The highest BCUT2D eigenvalue weighted by Gasteiger charge is 2.29. The van der Waals surface area contributed by atoms with Crippen molar-refractivity contribution in [2.24, 2.45) is 5.92 Å². The van der Waals surface area contributed by atoms with Gasteiger partial charge in [0, 0.05) is 26.3 Å². The van der Waals surface area contributed by atoms with Gasteiger partial charge in [-0.25, -0.2) is 18.1 Å². The largest absolute Gasteiger partial charge is 0.481 e. The number of halogens is 1. The van der Waals surface area contributed by atoms with Gasteiger partial charge in [0.05, 0.1) is 10.4 Å². The summed E-state index contributed by atoms with van der Waals surface area (Å²) in [5.41, 5.74) is 0. The summed E-state index contributed by atoms with van der Waals surface area (Å²) in [7, 11) is -0.0313. The Bertz CT molecular complexity index is 685. The van der Waals surface area contributed by atoms with Crippen LogP contribution >= 0.6 is 15.9 Å². The third-order valence-corrected chi connectivity index (χ3v) is 6.00. The number of aromatic nitrogens is 1. The van der Waals surface area contributed by atoms with E-state index in [9.17, 15) is 13.2 Å². The Labute approximate surface area is 144 Å². The minimum Gasteiger partial charge on any atom is -0.481 e. The highest BCUT2D eigenvalue weighted by Crippen LogP contribution is 2.27. The predicted molar refractivity (Wildman–Crippen MR) is 90.0 cm³/mol. The Kier molecular flexibility index (Phi) is 5.64. The molecule has 0 atom stereocenters. The number of carbonyl (C=O) groups is 1. The van der Waals surface area contributed by atoms with Crippen LogP contribution in [0.5, 0.6) is 0 Å². The van der Waals surface area contributed by atoms with Crippen molar-refractivity contribution in [1.82, 2.24) is 9.71 Å². The van der Waals surface area contributed by atoms with Gasteiger partial charge in [0.15, 0.2) is 0 Å². The summed E-state index contributed by atoms with van der Waals surface area (Å²) < 4.78 is 28.1. The molecule has 0 saturated heterocycles. The van der Waals surface area contributed by atoms with Crippen molar-refractivity contribution in [3.8, 4) is 0 Å². The summed E-state index contributed by atoms with van der Waals surface area (Å²) in [5, 5.41) is 8.98. The summed E-state index contributed by atoms with van der Waals surface area (Å²) in [4.78, 5) is 17.0. The average molecular weight is 406 g/mol. The molecule has 1 aromatic rings. The first-order valence-corrected chi connectivity index (χ1v) is 9.56. The van der Waals surface area contributed by atoms with Crippen LogP contribution in [0.1, 0.15) is 25.7 Å².